The first-order valence-corrected chi connectivity index (χ1v) is 12.1. The highest BCUT2D eigenvalue weighted by molar-refractivity contribution is 5.94. The molecule has 35 heavy (non-hydrogen) atoms. The Bertz CT molecular complexity index is 1270. The van der Waals surface area contributed by atoms with E-state index in [0.717, 1.165) is 50.3 Å². The van der Waals surface area contributed by atoms with E-state index in [1.165, 1.54) is 5.56 Å². The second-order valence-electron chi connectivity index (χ2n) is 8.89. The first-order valence-electron chi connectivity index (χ1n) is 12.1. The third kappa shape index (κ3) is 5.40. The molecule has 180 valence electrons. The predicted octanol–water partition coefficient (Wildman–Crippen LogP) is 4.36. The Kier molecular flexibility index (Phi) is 6.83. The fraction of sp³-hybridized carbons (Fsp3) is 0.346. The first-order chi connectivity index (χ1) is 17.2. The van der Waals surface area contributed by atoms with Gasteiger partial charge in [0.25, 0.3) is 5.91 Å². The van der Waals surface area contributed by atoms with Crippen molar-refractivity contribution in [3.8, 4) is 0 Å². The molecule has 5 rings (SSSR count). The number of piperidine rings is 1. The van der Waals surface area contributed by atoms with Crippen LogP contribution in [0.15, 0.2) is 59.2 Å². The fourth-order valence-electron chi connectivity index (χ4n) is 4.41. The van der Waals surface area contributed by atoms with Crippen LogP contribution in [0.1, 0.15) is 42.1 Å². The number of carbonyl (C=O) groups is 1. The van der Waals surface area contributed by atoms with Gasteiger partial charge in [-0.3, -0.25) is 4.79 Å². The topological polar surface area (TPSA) is 109 Å². The number of aromatic nitrogens is 4. The normalized spacial score (nSPS) is 14.3. The van der Waals surface area contributed by atoms with Gasteiger partial charge in [0.1, 0.15) is 0 Å². The summed E-state index contributed by atoms with van der Waals surface area (Å²) in [6.45, 7) is 4.45. The van der Waals surface area contributed by atoms with E-state index in [1.54, 1.807) is 12.1 Å². The molecule has 1 fully saturated rings. The van der Waals surface area contributed by atoms with Crippen molar-refractivity contribution < 1.29 is 9.42 Å². The number of benzene rings is 2. The van der Waals surface area contributed by atoms with E-state index in [2.05, 4.69) is 61.2 Å². The highest BCUT2D eigenvalue weighted by Gasteiger charge is 2.24. The third-order valence-electron chi connectivity index (χ3n) is 6.32. The van der Waals surface area contributed by atoms with E-state index in [4.69, 9.17) is 9.61 Å². The molecule has 2 N–H and O–H groups in total. The first kappa shape index (κ1) is 22.8. The lowest BCUT2D eigenvalue weighted by atomic mass is 9.90. The van der Waals surface area contributed by atoms with Crippen molar-refractivity contribution in [3.63, 3.8) is 0 Å². The van der Waals surface area contributed by atoms with Crippen molar-refractivity contribution in [2.24, 2.45) is 5.92 Å². The molecule has 1 amide bonds. The van der Waals surface area contributed by atoms with Crippen LogP contribution in [0, 0.1) is 5.92 Å². The number of hydrogen-bond donors (Lipinski definition) is 2. The highest BCUT2D eigenvalue weighted by Crippen LogP contribution is 2.31. The van der Waals surface area contributed by atoms with Crippen LogP contribution in [-0.2, 0) is 6.42 Å². The minimum absolute atomic E-state index is 0.0765. The van der Waals surface area contributed by atoms with Gasteiger partial charge in [-0.1, -0.05) is 37.3 Å². The molecule has 0 bridgehead atoms. The van der Waals surface area contributed by atoms with Gasteiger partial charge in [-0.2, -0.15) is 0 Å². The molecular formula is C26H29N7O2. The van der Waals surface area contributed by atoms with Gasteiger partial charge in [0.05, 0.1) is 0 Å². The minimum atomic E-state index is -0.0765. The quantitative estimate of drug-likeness (QED) is 0.390. The van der Waals surface area contributed by atoms with Gasteiger partial charge < -0.3 is 15.5 Å². The smallest absolute Gasteiger partial charge is 0.251 e. The second kappa shape index (κ2) is 10.5. The van der Waals surface area contributed by atoms with E-state index in [9.17, 15) is 4.79 Å². The summed E-state index contributed by atoms with van der Waals surface area (Å²) < 4.78 is 4.85. The van der Waals surface area contributed by atoms with Gasteiger partial charge in [-0.05, 0) is 71.7 Å². The van der Waals surface area contributed by atoms with Gasteiger partial charge in [-0.15, -0.1) is 0 Å². The molecule has 0 radical (unpaired) electrons. The summed E-state index contributed by atoms with van der Waals surface area (Å²) in [4.78, 5) is 23.8. The lowest BCUT2D eigenvalue weighted by molar-refractivity contribution is 0.0953. The standard InChI is InChI=1S/C26H29N7O2/c1-2-14-27-26(34)20-8-10-21(11-9-20)28-24-25(30-23-22(29-24)31-35-32-23)33-15-12-19(13-16-33)17-18-6-4-3-5-7-18/h3-11,19H,2,12-17H2,1H3,(H,27,34)(H,28,29,31). The largest absolute Gasteiger partial charge is 0.353 e. The number of nitrogens with one attached hydrogen (secondary N) is 2. The van der Waals surface area contributed by atoms with Crippen molar-refractivity contribution in [3.05, 3.63) is 65.7 Å². The molecule has 4 aromatic rings. The Hall–Kier alpha value is -4.01. The van der Waals surface area contributed by atoms with Gasteiger partial charge in [0, 0.05) is 30.9 Å². The van der Waals surface area contributed by atoms with Gasteiger partial charge in [0.15, 0.2) is 11.6 Å². The molecule has 0 atom stereocenters. The second-order valence-corrected chi connectivity index (χ2v) is 8.89. The molecule has 0 spiro atoms. The lowest BCUT2D eigenvalue weighted by Gasteiger charge is -2.33. The Balaban J connectivity index is 1.31. The van der Waals surface area contributed by atoms with Crippen molar-refractivity contribution >= 4 is 34.5 Å². The number of carbonyl (C=O) groups excluding carboxylic acids is 1. The SMILES string of the molecule is CCCNC(=O)c1ccc(Nc2nc3nonc3nc2N2CCC(Cc3ccccc3)CC2)cc1. The maximum absolute atomic E-state index is 12.2. The van der Waals surface area contributed by atoms with E-state index >= 15 is 0 Å². The molecule has 1 aliphatic heterocycles. The molecule has 9 nitrogen and oxygen atoms in total. The fourth-order valence-corrected chi connectivity index (χ4v) is 4.41. The number of nitrogens with zero attached hydrogens (tertiary/aromatic N) is 5. The van der Waals surface area contributed by atoms with Crippen LogP contribution < -0.4 is 15.5 Å². The molecule has 2 aromatic heterocycles. The zero-order chi connectivity index (χ0) is 24.0. The summed E-state index contributed by atoms with van der Waals surface area (Å²) in [6, 6.07) is 18.0. The summed E-state index contributed by atoms with van der Waals surface area (Å²) in [5.74, 6) is 1.89. The summed E-state index contributed by atoms with van der Waals surface area (Å²) >= 11 is 0. The number of hydrogen-bond acceptors (Lipinski definition) is 8. The summed E-state index contributed by atoms with van der Waals surface area (Å²) in [7, 11) is 0. The lowest BCUT2D eigenvalue weighted by Crippen LogP contribution is -2.35. The Morgan fingerprint density at radius 1 is 1.00 bits per heavy atom. The number of fused-ring (bicyclic) bond motifs is 1. The number of anilines is 3. The zero-order valence-corrected chi connectivity index (χ0v) is 19.8. The van der Waals surface area contributed by atoms with Crippen LogP contribution in [-0.4, -0.2) is 45.8 Å². The molecule has 3 heterocycles. The Labute approximate surface area is 203 Å². The molecule has 2 aromatic carbocycles. The summed E-state index contributed by atoms with van der Waals surface area (Å²) in [5, 5.41) is 14.0. The van der Waals surface area contributed by atoms with E-state index < -0.39 is 0 Å². The summed E-state index contributed by atoms with van der Waals surface area (Å²) in [5.41, 5.74) is 3.55. The zero-order valence-electron chi connectivity index (χ0n) is 19.8. The van der Waals surface area contributed by atoms with Gasteiger partial charge in [-0.25, -0.2) is 14.6 Å². The Morgan fingerprint density at radius 3 is 2.43 bits per heavy atom. The van der Waals surface area contributed by atoms with Crippen LogP contribution in [0.4, 0.5) is 17.3 Å². The van der Waals surface area contributed by atoms with Crippen molar-refractivity contribution in [2.75, 3.05) is 29.9 Å². The van der Waals surface area contributed by atoms with Gasteiger partial charge in [0.2, 0.25) is 11.3 Å². The van der Waals surface area contributed by atoms with Crippen molar-refractivity contribution in [1.82, 2.24) is 25.6 Å². The average molecular weight is 472 g/mol. The maximum atomic E-state index is 12.2. The molecule has 0 saturated carbocycles. The Morgan fingerprint density at radius 2 is 1.71 bits per heavy atom. The summed E-state index contributed by atoms with van der Waals surface area (Å²) in [6.07, 6.45) is 4.14. The van der Waals surface area contributed by atoms with Crippen LogP contribution >= 0.6 is 0 Å². The van der Waals surface area contributed by atoms with Crippen molar-refractivity contribution in [1.29, 1.82) is 0 Å². The van der Waals surface area contributed by atoms with Crippen molar-refractivity contribution in [2.45, 2.75) is 32.6 Å². The van der Waals surface area contributed by atoms with Crippen LogP contribution in [0.2, 0.25) is 0 Å². The molecule has 1 aliphatic rings. The monoisotopic (exact) mass is 471 g/mol. The highest BCUT2D eigenvalue weighted by atomic mass is 16.6. The predicted molar refractivity (Wildman–Crippen MR) is 135 cm³/mol. The molecular weight excluding hydrogens is 442 g/mol. The minimum Gasteiger partial charge on any atom is -0.353 e. The molecule has 9 heteroatoms. The molecule has 0 unspecified atom stereocenters. The third-order valence-corrected chi connectivity index (χ3v) is 6.32. The van der Waals surface area contributed by atoms with E-state index in [-0.39, 0.29) is 5.91 Å². The van der Waals surface area contributed by atoms with E-state index in [0.29, 0.717) is 35.1 Å². The number of rotatable bonds is 8. The molecule has 0 aliphatic carbocycles. The van der Waals surface area contributed by atoms with Crippen LogP contribution in [0.3, 0.4) is 0 Å². The number of amides is 1. The average Bonchev–Trinajstić information content (AvgIpc) is 3.36. The van der Waals surface area contributed by atoms with Crippen LogP contribution in [0.5, 0.6) is 0 Å². The van der Waals surface area contributed by atoms with E-state index in [1.807, 2.05) is 19.1 Å². The maximum Gasteiger partial charge on any atom is 0.251 e. The van der Waals surface area contributed by atoms with Gasteiger partial charge >= 0.3 is 0 Å². The molecule has 1 saturated heterocycles. The van der Waals surface area contributed by atoms with Crippen LogP contribution in [0.25, 0.3) is 11.3 Å².